The van der Waals surface area contributed by atoms with Gasteiger partial charge in [0.25, 0.3) is 5.91 Å². The van der Waals surface area contributed by atoms with E-state index in [2.05, 4.69) is 35.1 Å². The van der Waals surface area contributed by atoms with Crippen molar-refractivity contribution in [3.8, 4) is 11.5 Å². The number of halogens is 6. The Morgan fingerprint density at radius 1 is 0.920 bits per heavy atom. The monoisotopic (exact) mass is 749 g/mol. The van der Waals surface area contributed by atoms with Gasteiger partial charge in [0.15, 0.2) is 10.8 Å². The molecule has 0 unspecified atom stereocenters. The van der Waals surface area contributed by atoms with Gasteiger partial charge in [-0.25, -0.2) is 18.4 Å². The van der Waals surface area contributed by atoms with E-state index in [0.717, 1.165) is 52.0 Å². The van der Waals surface area contributed by atoms with Gasteiger partial charge in [0, 0.05) is 33.3 Å². The summed E-state index contributed by atoms with van der Waals surface area (Å²) in [5.41, 5.74) is 0.531. The molecule has 0 saturated carbocycles. The van der Waals surface area contributed by atoms with E-state index < -0.39 is 57.0 Å². The predicted molar refractivity (Wildman–Crippen MR) is 163 cm³/mol. The molecule has 0 radical (unpaired) electrons. The molecule has 1 aliphatic heterocycles. The molecule has 14 nitrogen and oxygen atoms in total. The molecule has 2 aromatic heterocycles. The van der Waals surface area contributed by atoms with Crippen molar-refractivity contribution in [2.75, 3.05) is 38.4 Å². The molecule has 50 heavy (non-hydrogen) atoms. The third-order valence-electron chi connectivity index (χ3n) is 6.91. The van der Waals surface area contributed by atoms with Crippen LogP contribution in [-0.2, 0) is 26.1 Å². The summed E-state index contributed by atoms with van der Waals surface area (Å²) in [5, 5.41) is 5.36. The molecule has 2 N–H and O–H groups in total. The van der Waals surface area contributed by atoms with Crippen LogP contribution in [0.3, 0.4) is 0 Å². The van der Waals surface area contributed by atoms with Crippen LogP contribution in [0.25, 0.3) is 10.3 Å². The summed E-state index contributed by atoms with van der Waals surface area (Å²) in [7, 11) is -3.10. The minimum atomic E-state index is -5.00. The van der Waals surface area contributed by atoms with Gasteiger partial charge in [-0.05, 0) is 42.0 Å². The summed E-state index contributed by atoms with van der Waals surface area (Å²) in [6, 6.07) is 6.70. The normalized spacial score (nSPS) is 15.9. The van der Waals surface area contributed by atoms with Crippen LogP contribution in [0.5, 0.6) is 11.5 Å². The van der Waals surface area contributed by atoms with Gasteiger partial charge in [-0.1, -0.05) is 23.5 Å². The number of fused-ring (bicyclic) bond motifs is 1. The number of sulfonamides is 1. The van der Waals surface area contributed by atoms with E-state index >= 15 is 0 Å². The number of hydrogen-bond acceptors (Lipinski definition) is 12. The number of carbonyl (C=O) groups excluding carboxylic acids is 2. The van der Waals surface area contributed by atoms with E-state index in [1.54, 1.807) is 4.90 Å². The second-order valence-electron chi connectivity index (χ2n) is 10.3. The van der Waals surface area contributed by atoms with Crippen molar-refractivity contribution in [2.45, 2.75) is 30.2 Å². The number of carbonyl (C=O) groups is 2. The topological polar surface area (TPSA) is 165 Å². The Morgan fingerprint density at radius 2 is 1.54 bits per heavy atom. The van der Waals surface area contributed by atoms with E-state index in [1.807, 2.05) is 0 Å². The third-order valence-corrected chi connectivity index (χ3v) is 9.87. The fraction of sp³-hybridized carbons (Fsp3) is 0.321. The molecule has 1 aliphatic rings. The molecule has 22 heteroatoms. The Hall–Kier alpha value is -4.80. The lowest BCUT2D eigenvalue weighted by molar-refractivity contribution is -0.275. The molecular formula is C28H25F6N7O7S2. The van der Waals surface area contributed by atoms with Crippen molar-refractivity contribution in [1.82, 2.24) is 29.9 Å². The van der Waals surface area contributed by atoms with Gasteiger partial charge in [0.1, 0.15) is 24.3 Å². The number of benzene rings is 2. The van der Waals surface area contributed by atoms with Crippen molar-refractivity contribution in [1.29, 1.82) is 0 Å². The first kappa shape index (κ1) is 36.5. The van der Waals surface area contributed by atoms with E-state index in [4.69, 9.17) is 4.74 Å². The first-order valence-electron chi connectivity index (χ1n) is 14.2. The van der Waals surface area contributed by atoms with Crippen LogP contribution in [-0.4, -0.2) is 91.7 Å². The number of ether oxygens (including phenoxy) is 3. The van der Waals surface area contributed by atoms with E-state index in [1.165, 1.54) is 25.4 Å². The largest absolute Gasteiger partial charge is 0.573 e. The molecule has 0 aliphatic carbocycles. The number of thiazole rings is 1. The lowest BCUT2D eigenvalue weighted by atomic mass is 10.1. The van der Waals surface area contributed by atoms with Crippen molar-refractivity contribution < 1.29 is 58.6 Å². The second-order valence-corrected chi connectivity index (χ2v) is 13.2. The van der Waals surface area contributed by atoms with Crippen LogP contribution < -0.4 is 25.0 Å². The smallest absolute Gasteiger partial charge is 0.406 e. The molecule has 4 aromatic rings. The zero-order chi connectivity index (χ0) is 36.3. The summed E-state index contributed by atoms with van der Waals surface area (Å²) in [6.07, 6.45) is -8.52. The molecule has 2 amide bonds. The minimum absolute atomic E-state index is 0.0212. The van der Waals surface area contributed by atoms with Gasteiger partial charge in [-0.15, -0.1) is 26.3 Å². The summed E-state index contributed by atoms with van der Waals surface area (Å²) in [4.78, 5) is 39.7. The highest BCUT2D eigenvalue weighted by atomic mass is 32.2. The molecular weight excluding hydrogens is 724 g/mol. The van der Waals surface area contributed by atoms with E-state index in [-0.39, 0.29) is 44.4 Å². The van der Waals surface area contributed by atoms with Gasteiger partial charge < -0.3 is 29.7 Å². The standard InChI is InChI=1S/C28H25F6N7O7S2/c1-46-15-37-25(43)23-35-13-21-22(38-23)39-26(49-21)40-10-11-41(50(44,45)19-8-6-18(7-9-19)48-28(32,33)34)20(14-40)24(42)36-12-16-2-4-17(5-3-16)47-27(29,30)31/h2-9,13,20H,10-12,14-15H2,1H3,(H,36,42)(H,37,43)/t20-/m1/s1. The van der Waals surface area contributed by atoms with Crippen LogP contribution in [0.15, 0.2) is 59.6 Å². The molecule has 5 rings (SSSR count). The number of piperazine rings is 1. The summed E-state index contributed by atoms with van der Waals surface area (Å²) in [6.45, 7) is -0.774. The highest BCUT2D eigenvalue weighted by Gasteiger charge is 2.41. The van der Waals surface area contributed by atoms with Crippen LogP contribution >= 0.6 is 11.3 Å². The summed E-state index contributed by atoms with van der Waals surface area (Å²) in [5.74, 6) is -2.71. The molecule has 0 bridgehead atoms. The maximum Gasteiger partial charge on any atom is 0.573 e. The Bertz CT molecular complexity index is 1940. The molecule has 3 heterocycles. The fourth-order valence-corrected chi connectivity index (χ4v) is 7.18. The van der Waals surface area contributed by atoms with Crippen LogP contribution in [0.2, 0.25) is 0 Å². The van der Waals surface area contributed by atoms with Crippen LogP contribution in [0.4, 0.5) is 31.5 Å². The number of hydrogen-bond donors (Lipinski definition) is 2. The maximum absolute atomic E-state index is 13.8. The number of methoxy groups -OCH3 is 1. The van der Waals surface area contributed by atoms with Gasteiger partial charge in [0.2, 0.25) is 21.8 Å². The minimum Gasteiger partial charge on any atom is -0.406 e. The Kier molecular flexibility index (Phi) is 10.6. The van der Waals surface area contributed by atoms with Crippen molar-refractivity contribution in [3.05, 3.63) is 66.1 Å². The first-order chi connectivity index (χ1) is 23.5. The highest BCUT2D eigenvalue weighted by Crippen LogP contribution is 2.32. The Morgan fingerprint density at radius 3 is 2.14 bits per heavy atom. The van der Waals surface area contributed by atoms with Crippen LogP contribution in [0.1, 0.15) is 16.2 Å². The molecule has 1 saturated heterocycles. The lowest BCUT2D eigenvalue weighted by Gasteiger charge is -2.39. The zero-order valence-corrected chi connectivity index (χ0v) is 27.1. The number of alkyl halides is 6. The summed E-state index contributed by atoms with van der Waals surface area (Å²) >= 11 is 1.12. The third kappa shape index (κ3) is 9.05. The second kappa shape index (κ2) is 14.6. The van der Waals surface area contributed by atoms with E-state index in [9.17, 15) is 44.3 Å². The van der Waals surface area contributed by atoms with Gasteiger partial charge in [-0.3, -0.25) is 9.59 Å². The fourth-order valence-electron chi connectivity index (χ4n) is 4.69. The highest BCUT2D eigenvalue weighted by molar-refractivity contribution is 7.89. The SMILES string of the molecule is COCNC(=O)c1ncc2sc(N3CCN(S(=O)(=O)c4ccc(OC(F)(F)F)cc4)[C@@H](C(=O)NCc4ccc(OC(F)(F)F)cc4)C3)nc2n1. The summed E-state index contributed by atoms with van der Waals surface area (Å²) < 4.78 is 117. The predicted octanol–water partition coefficient (Wildman–Crippen LogP) is 3.41. The van der Waals surface area contributed by atoms with Gasteiger partial charge in [0.05, 0.1) is 15.8 Å². The van der Waals surface area contributed by atoms with Crippen molar-refractivity contribution >= 4 is 48.7 Å². The van der Waals surface area contributed by atoms with Crippen LogP contribution in [0, 0.1) is 0 Å². The Labute approximate surface area is 283 Å². The lowest BCUT2D eigenvalue weighted by Crippen LogP contribution is -2.60. The zero-order valence-electron chi connectivity index (χ0n) is 25.5. The van der Waals surface area contributed by atoms with Crippen molar-refractivity contribution in [2.24, 2.45) is 0 Å². The average molecular weight is 750 g/mol. The Balaban J connectivity index is 1.39. The van der Waals surface area contributed by atoms with E-state index in [0.29, 0.717) is 15.4 Å². The first-order valence-corrected chi connectivity index (χ1v) is 16.4. The number of anilines is 1. The number of nitrogens with one attached hydrogen (secondary N) is 2. The molecule has 268 valence electrons. The quantitative estimate of drug-likeness (QED) is 0.171. The molecule has 1 atom stereocenters. The van der Waals surface area contributed by atoms with Gasteiger partial charge in [-0.2, -0.15) is 9.29 Å². The number of amides is 2. The number of aromatic nitrogens is 3. The van der Waals surface area contributed by atoms with Crippen molar-refractivity contribution in [3.63, 3.8) is 0 Å². The van der Waals surface area contributed by atoms with Gasteiger partial charge >= 0.3 is 12.7 Å². The molecule has 2 aromatic carbocycles. The number of nitrogens with zero attached hydrogens (tertiary/aromatic N) is 5. The molecule has 1 fully saturated rings. The number of rotatable bonds is 11. The average Bonchev–Trinajstić information content (AvgIpc) is 3.49. The maximum atomic E-state index is 13.8. The molecule has 0 spiro atoms.